The first-order chi connectivity index (χ1) is 12.5. The van der Waals surface area contributed by atoms with E-state index in [1.54, 1.807) is 17.1 Å². The highest BCUT2D eigenvalue weighted by Crippen LogP contribution is 2.21. The predicted octanol–water partition coefficient (Wildman–Crippen LogP) is 2.67. The molecular weight excluding hydrogens is 350 g/mol. The summed E-state index contributed by atoms with van der Waals surface area (Å²) in [5.74, 6) is 0.0821. The summed E-state index contributed by atoms with van der Waals surface area (Å²) in [6.45, 7) is 6.60. The van der Waals surface area contributed by atoms with Crippen molar-refractivity contribution < 1.29 is 4.79 Å². The summed E-state index contributed by atoms with van der Waals surface area (Å²) in [6.07, 6.45) is 5.53. The van der Waals surface area contributed by atoms with Crippen molar-refractivity contribution in [3.05, 3.63) is 46.5 Å². The average Bonchev–Trinajstić information content (AvgIpc) is 2.88. The van der Waals surface area contributed by atoms with Crippen LogP contribution in [0.2, 0.25) is 5.02 Å². The van der Waals surface area contributed by atoms with Crippen LogP contribution in [-0.4, -0.2) is 56.7 Å². The summed E-state index contributed by atoms with van der Waals surface area (Å²) in [5.41, 5.74) is 2.69. The Morgan fingerprint density at radius 3 is 2.50 bits per heavy atom. The fraction of sp³-hybridized carbons (Fsp3) is 0.526. The Hall–Kier alpha value is -1.92. The van der Waals surface area contributed by atoms with Gasteiger partial charge in [0, 0.05) is 25.0 Å². The highest BCUT2D eigenvalue weighted by atomic mass is 35.5. The van der Waals surface area contributed by atoms with Crippen LogP contribution in [0.4, 0.5) is 0 Å². The van der Waals surface area contributed by atoms with Crippen LogP contribution < -0.4 is 0 Å². The normalized spacial score (nSPS) is 16.0. The average molecular weight is 376 g/mol. The number of piperidine rings is 1. The minimum absolute atomic E-state index is 0.0821. The standard InChI is InChI=1S/C19H26ClN5O/c1-14-19(20)15(2)25(22-14)13-18(26)24(12-16-4-8-21-9-5-16)17-6-10-23(3)11-7-17/h4-5,8-9,17H,6-7,10-13H2,1-3H3. The fourth-order valence-electron chi connectivity index (χ4n) is 3.46. The van der Waals surface area contributed by atoms with Crippen molar-refractivity contribution >= 4 is 17.5 Å². The summed E-state index contributed by atoms with van der Waals surface area (Å²) in [4.78, 5) is 21.6. The Morgan fingerprint density at radius 1 is 1.27 bits per heavy atom. The molecule has 1 saturated heterocycles. The highest BCUT2D eigenvalue weighted by molar-refractivity contribution is 6.31. The molecule has 1 aliphatic rings. The smallest absolute Gasteiger partial charge is 0.244 e. The number of aryl methyl sites for hydroxylation is 1. The van der Waals surface area contributed by atoms with Gasteiger partial charge in [0.15, 0.2) is 0 Å². The van der Waals surface area contributed by atoms with Crippen molar-refractivity contribution in [2.24, 2.45) is 0 Å². The van der Waals surface area contributed by atoms with Crippen LogP contribution >= 0.6 is 11.6 Å². The summed E-state index contributed by atoms with van der Waals surface area (Å²) < 4.78 is 1.72. The minimum Gasteiger partial charge on any atom is -0.334 e. The largest absolute Gasteiger partial charge is 0.334 e. The maximum atomic E-state index is 13.2. The summed E-state index contributed by atoms with van der Waals surface area (Å²) in [6, 6.07) is 4.18. The van der Waals surface area contributed by atoms with E-state index in [-0.39, 0.29) is 18.5 Å². The molecule has 26 heavy (non-hydrogen) atoms. The number of rotatable bonds is 5. The number of amides is 1. The van der Waals surface area contributed by atoms with E-state index in [9.17, 15) is 4.79 Å². The van der Waals surface area contributed by atoms with Gasteiger partial charge in [0.25, 0.3) is 0 Å². The fourth-order valence-corrected chi connectivity index (χ4v) is 3.60. The lowest BCUT2D eigenvalue weighted by molar-refractivity contribution is -0.136. The van der Waals surface area contributed by atoms with Crippen LogP contribution in [-0.2, 0) is 17.9 Å². The maximum Gasteiger partial charge on any atom is 0.244 e. The molecular formula is C19H26ClN5O. The van der Waals surface area contributed by atoms with Crippen LogP contribution in [0.3, 0.4) is 0 Å². The number of hydrogen-bond donors (Lipinski definition) is 0. The minimum atomic E-state index is 0.0821. The van der Waals surface area contributed by atoms with Crippen LogP contribution in [0.1, 0.15) is 29.8 Å². The molecule has 0 N–H and O–H groups in total. The van der Waals surface area contributed by atoms with Gasteiger partial charge in [0.1, 0.15) is 6.54 Å². The molecule has 0 unspecified atom stereocenters. The molecule has 0 bridgehead atoms. The van der Waals surface area contributed by atoms with Crippen molar-refractivity contribution in [1.29, 1.82) is 0 Å². The van der Waals surface area contributed by atoms with E-state index in [2.05, 4.69) is 22.0 Å². The van der Waals surface area contributed by atoms with E-state index in [4.69, 9.17) is 11.6 Å². The Labute approximate surface area is 159 Å². The molecule has 0 spiro atoms. The van der Waals surface area contributed by atoms with Gasteiger partial charge in [-0.1, -0.05) is 11.6 Å². The van der Waals surface area contributed by atoms with Gasteiger partial charge in [-0.3, -0.25) is 14.5 Å². The van der Waals surface area contributed by atoms with Gasteiger partial charge >= 0.3 is 0 Å². The zero-order valence-electron chi connectivity index (χ0n) is 15.7. The molecule has 1 amide bonds. The van der Waals surface area contributed by atoms with E-state index < -0.39 is 0 Å². The van der Waals surface area contributed by atoms with Gasteiger partial charge in [-0.2, -0.15) is 5.10 Å². The second-order valence-electron chi connectivity index (χ2n) is 7.05. The monoisotopic (exact) mass is 375 g/mol. The summed E-state index contributed by atoms with van der Waals surface area (Å²) in [7, 11) is 2.13. The van der Waals surface area contributed by atoms with Gasteiger partial charge in [0.2, 0.25) is 5.91 Å². The van der Waals surface area contributed by atoms with E-state index in [0.29, 0.717) is 11.6 Å². The molecule has 0 radical (unpaired) electrons. The molecule has 0 atom stereocenters. The Bertz CT molecular complexity index is 753. The van der Waals surface area contributed by atoms with Gasteiger partial charge in [0.05, 0.1) is 16.4 Å². The van der Waals surface area contributed by atoms with Crippen LogP contribution in [0, 0.1) is 13.8 Å². The Kier molecular flexibility index (Phi) is 5.94. The van der Waals surface area contributed by atoms with Crippen molar-refractivity contribution in [1.82, 2.24) is 24.6 Å². The Morgan fingerprint density at radius 2 is 1.92 bits per heavy atom. The molecule has 140 valence electrons. The van der Waals surface area contributed by atoms with Crippen molar-refractivity contribution in [3.63, 3.8) is 0 Å². The van der Waals surface area contributed by atoms with Crippen LogP contribution in [0.15, 0.2) is 24.5 Å². The summed E-state index contributed by atoms with van der Waals surface area (Å²) >= 11 is 6.24. The quantitative estimate of drug-likeness (QED) is 0.806. The second-order valence-corrected chi connectivity index (χ2v) is 7.43. The molecule has 0 aromatic carbocycles. The third kappa shape index (κ3) is 4.24. The number of carbonyl (C=O) groups excluding carboxylic acids is 1. The molecule has 1 fully saturated rings. The van der Waals surface area contributed by atoms with Crippen molar-refractivity contribution in [2.75, 3.05) is 20.1 Å². The molecule has 7 heteroatoms. The van der Waals surface area contributed by atoms with Gasteiger partial charge in [-0.25, -0.2) is 0 Å². The third-order valence-electron chi connectivity index (χ3n) is 5.13. The topological polar surface area (TPSA) is 54.3 Å². The molecule has 2 aromatic rings. The second kappa shape index (κ2) is 8.18. The lowest BCUT2D eigenvalue weighted by Gasteiger charge is -2.37. The van der Waals surface area contributed by atoms with Crippen molar-refractivity contribution in [3.8, 4) is 0 Å². The van der Waals surface area contributed by atoms with E-state index in [1.807, 2.05) is 30.9 Å². The number of halogens is 1. The molecule has 0 saturated carbocycles. The zero-order valence-corrected chi connectivity index (χ0v) is 16.4. The highest BCUT2D eigenvalue weighted by Gasteiger charge is 2.28. The number of hydrogen-bond acceptors (Lipinski definition) is 4. The van der Waals surface area contributed by atoms with E-state index in [0.717, 1.165) is 42.9 Å². The molecule has 0 aliphatic carbocycles. The molecule has 3 heterocycles. The Balaban J connectivity index is 1.79. The number of likely N-dealkylation sites (tertiary alicyclic amines) is 1. The summed E-state index contributed by atoms with van der Waals surface area (Å²) in [5, 5.41) is 5.05. The molecule has 3 rings (SSSR count). The van der Waals surface area contributed by atoms with Gasteiger partial charge < -0.3 is 9.80 Å². The lowest BCUT2D eigenvalue weighted by Crippen LogP contribution is -2.47. The molecule has 1 aliphatic heterocycles. The van der Waals surface area contributed by atoms with Crippen molar-refractivity contribution in [2.45, 2.75) is 45.8 Å². The number of carbonyl (C=O) groups is 1. The first-order valence-electron chi connectivity index (χ1n) is 9.02. The number of pyridine rings is 1. The number of aromatic nitrogens is 3. The van der Waals surface area contributed by atoms with E-state index >= 15 is 0 Å². The van der Waals surface area contributed by atoms with E-state index in [1.165, 1.54) is 0 Å². The lowest BCUT2D eigenvalue weighted by atomic mass is 10.0. The maximum absolute atomic E-state index is 13.2. The molecule has 6 nitrogen and oxygen atoms in total. The SMILES string of the molecule is Cc1nn(CC(=O)N(Cc2ccncc2)C2CCN(C)CC2)c(C)c1Cl. The van der Waals surface area contributed by atoms with Crippen LogP contribution in [0.25, 0.3) is 0 Å². The number of nitrogens with zero attached hydrogens (tertiary/aromatic N) is 5. The first kappa shape index (κ1) is 18.9. The third-order valence-corrected chi connectivity index (χ3v) is 5.68. The predicted molar refractivity (Wildman–Crippen MR) is 102 cm³/mol. The van der Waals surface area contributed by atoms with Gasteiger partial charge in [-0.15, -0.1) is 0 Å². The molecule has 2 aromatic heterocycles. The van der Waals surface area contributed by atoms with Gasteiger partial charge in [-0.05, 0) is 64.5 Å². The van der Waals surface area contributed by atoms with Crippen LogP contribution in [0.5, 0.6) is 0 Å². The zero-order chi connectivity index (χ0) is 18.7. The first-order valence-corrected chi connectivity index (χ1v) is 9.40.